The van der Waals surface area contributed by atoms with E-state index in [0.717, 1.165) is 12.1 Å². The molecule has 1 heterocycles. The minimum absolute atomic E-state index is 0.120. The highest BCUT2D eigenvalue weighted by Crippen LogP contribution is 2.30. The van der Waals surface area contributed by atoms with Crippen LogP contribution in [0.5, 0.6) is 0 Å². The third-order valence-electron chi connectivity index (χ3n) is 3.78. The summed E-state index contributed by atoms with van der Waals surface area (Å²) in [7, 11) is 0. The van der Waals surface area contributed by atoms with E-state index in [1.54, 1.807) is 12.1 Å². The number of alkyl halides is 3. The number of rotatable bonds is 3. The van der Waals surface area contributed by atoms with Crippen molar-refractivity contribution in [2.24, 2.45) is 0 Å². The average Bonchev–Trinajstić information content (AvgIpc) is 2.59. The molecule has 128 valence electrons. The summed E-state index contributed by atoms with van der Waals surface area (Å²) in [5.74, 6) is 0.168. The molecule has 0 spiro atoms. The van der Waals surface area contributed by atoms with Gasteiger partial charge in [-0.2, -0.15) is 13.2 Å². The molecule has 0 atom stereocenters. The molecule has 3 rings (SSSR count). The predicted octanol–water partition coefficient (Wildman–Crippen LogP) is 4.20. The number of aromatic nitrogens is 2. The van der Waals surface area contributed by atoms with Crippen molar-refractivity contribution in [3.8, 4) is 0 Å². The van der Waals surface area contributed by atoms with E-state index in [-0.39, 0.29) is 12.5 Å². The molecule has 0 radical (unpaired) electrons. The van der Waals surface area contributed by atoms with Gasteiger partial charge in [-0.25, -0.2) is 9.97 Å². The first-order chi connectivity index (χ1) is 11.9. The van der Waals surface area contributed by atoms with E-state index < -0.39 is 11.7 Å². The number of benzene rings is 2. The normalized spacial score (nSPS) is 11.5. The van der Waals surface area contributed by atoms with Gasteiger partial charge in [0.2, 0.25) is 5.91 Å². The lowest BCUT2D eigenvalue weighted by molar-refractivity contribution is -0.137. The van der Waals surface area contributed by atoms with Crippen molar-refractivity contribution in [1.82, 2.24) is 9.97 Å². The standard InChI is InChI=1S/C18H14F3N3O/c1-12(25)24(10-13-6-8-14(9-7-13)18(19,20)21)17-15-4-2-3-5-16(15)22-11-23-17/h2-9,11H,10H2,1H3. The highest BCUT2D eigenvalue weighted by Gasteiger charge is 2.30. The highest BCUT2D eigenvalue weighted by molar-refractivity contribution is 5.99. The van der Waals surface area contributed by atoms with Gasteiger partial charge >= 0.3 is 6.18 Å². The number of hydrogen-bond donors (Lipinski definition) is 0. The molecule has 0 saturated carbocycles. The number of halogens is 3. The number of nitrogens with zero attached hydrogens (tertiary/aromatic N) is 3. The molecule has 7 heteroatoms. The molecule has 0 aliphatic carbocycles. The minimum atomic E-state index is -4.39. The molecule has 0 bridgehead atoms. The van der Waals surface area contributed by atoms with Gasteiger partial charge in [-0.15, -0.1) is 0 Å². The first kappa shape index (κ1) is 16.9. The number of carbonyl (C=O) groups excluding carboxylic acids is 1. The van der Waals surface area contributed by atoms with Gasteiger partial charge in [0, 0.05) is 12.3 Å². The number of fused-ring (bicyclic) bond motifs is 1. The number of para-hydroxylation sites is 1. The molecule has 3 aromatic rings. The second-order valence-corrected chi connectivity index (χ2v) is 5.51. The van der Waals surface area contributed by atoms with Crippen LogP contribution < -0.4 is 4.90 Å². The SMILES string of the molecule is CC(=O)N(Cc1ccc(C(F)(F)F)cc1)c1ncnc2ccccc12. The van der Waals surface area contributed by atoms with Gasteiger partial charge in [0.15, 0.2) is 0 Å². The molecule has 1 amide bonds. The third-order valence-corrected chi connectivity index (χ3v) is 3.78. The van der Waals surface area contributed by atoms with Crippen LogP contribution in [0.25, 0.3) is 10.9 Å². The second kappa shape index (κ2) is 6.51. The third kappa shape index (κ3) is 3.60. The lowest BCUT2D eigenvalue weighted by Gasteiger charge is -2.21. The van der Waals surface area contributed by atoms with E-state index in [9.17, 15) is 18.0 Å². The van der Waals surface area contributed by atoms with E-state index in [2.05, 4.69) is 9.97 Å². The van der Waals surface area contributed by atoms with Crippen molar-refractivity contribution in [2.45, 2.75) is 19.6 Å². The smallest absolute Gasteiger partial charge is 0.292 e. The Bertz CT molecular complexity index is 902. The van der Waals surface area contributed by atoms with Crippen molar-refractivity contribution in [3.63, 3.8) is 0 Å². The zero-order chi connectivity index (χ0) is 18.0. The van der Waals surface area contributed by atoms with Gasteiger partial charge in [0.25, 0.3) is 0 Å². The molecular formula is C18H14F3N3O. The Balaban J connectivity index is 1.96. The molecule has 0 unspecified atom stereocenters. The number of hydrogen-bond acceptors (Lipinski definition) is 3. The number of carbonyl (C=O) groups is 1. The summed E-state index contributed by atoms with van der Waals surface area (Å²) < 4.78 is 38.0. The molecule has 4 nitrogen and oxygen atoms in total. The van der Waals surface area contributed by atoms with Crippen LogP contribution in [0.2, 0.25) is 0 Å². The predicted molar refractivity (Wildman–Crippen MR) is 87.8 cm³/mol. The molecule has 0 saturated heterocycles. The summed E-state index contributed by atoms with van der Waals surface area (Å²) in [5.41, 5.74) is 0.537. The number of amides is 1. The monoisotopic (exact) mass is 345 g/mol. The van der Waals surface area contributed by atoms with Crippen LogP contribution in [-0.4, -0.2) is 15.9 Å². The quantitative estimate of drug-likeness (QED) is 0.715. The van der Waals surface area contributed by atoms with Crippen LogP contribution in [-0.2, 0) is 17.5 Å². The van der Waals surface area contributed by atoms with E-state index in [0.29, 0.717) is 22.3 Å². The van der Waals surface area contributed by atoms with Gasteiger partial charge in [-0.3, -0.25) is 9.69 Å². The summed E-state index contributed by atoms with van der Waals surface area (Å²) >= 11 is 0. The topological polar surface area (TPSA) is 46.1 Å². The molecule has 1 aromatic heterocycles. The molecule has 0 fully saturated rings. The Morgan fingerprint density at radius 1 is 1.04 bits per heavy atom. The lowest BCUT2D eigenvalue weighted by Crippen LogP contribution is -2.29. The Hall–Kier alpha value is -2.96. The van der Waals surface area contributed by atoms with Crippen LogP contribution in [0, 0.1) is 0 Å². The molecular weight excluding hydrogens is 331 g/mol. The van der Waals surface area contributed by atoms with Crippen LogP contribution >= 0.6 is 0 Å². The fourth-order valence-electron chi connectivity index (χ4n) is 2.52. The Labute approximate surface area is 141 Å². The van der Waals surface area contributed by atoms with Crippen molar-refractivity contribution < 1.29 is 18.0 Å². The Morgan fingerprint density at radius 2 is 1.72 bits per heavy atom. The maximum atomic E-state index is 12.7. The van der Waals surface area contributed by atoms with Gasteiger partial charge < -0.3 is 0 Å². The van der Waals surface area contributed by atoms with Crippen LogP contribution in [0.4, 0.5) is 19.0 Å². The van der Waals surface area contributed by atoms with Gasteiger partial charge in [-0.1, -0.05) is 24.3 Å². The largest absolute Gasteiger partial charge is 0.416 e. The second-order valence-electron chi connectivity index (χ2n) is 5.51. The summed E-state index contributed by atoms with van der Waals surface area (Å²) in [6.45, 7) is 1.51. The molecule has 0 aliphatic heterocycles. The fourth-order valence-corrected chi connectivity index (χ4v) is 2.52. The van der Waals surface area contributed by atoms with E-state index in [1.165, 1.54) is 30.3 Å². The first-order valence-electron chi connectivity index (χ1n) is 7.50. The Morgan fingerprint density at radius 3 is 2.36 bits per heavy atom. The molecule has 2 aromatic carbocycles. The lowest BCUT2D eigenvalue weighted by atomic mass is 10.1. The summed E-state index contributed by atoms with van der Waals surface area (Å²) in [4.78, 5) is 21.9. The van der Waals surface area contributed by atoms with Crippen LogP contribution in [0.15, 0.2) is 54.9 Å². The van der Waals surface area contributed by atoms with Gasteiger partial charge in [0.1, 0.15) is 12.1 Å². The van der Waals surface area contributed by atoms with E-state index >= 15 is 0 Å². The van der Waals surface area contributed by atoms with E-state index in [4.69, 9.17) is 0 Å². The van der Waals surface area contributed by atoms with Crippen LogP contribution in [0.1, 0.15) is 18.1 Å². The summed E-state index contributed by atoms with van der Waals surface area (Å²) in [5, 5.41) is 0.701. The van der Waals surface area contributed by atoms with E-state index in [1.807, 2.05) is 12.1 Å². The maximum absolute atomic E-state index is 12.7. The van der Waals surface area contributed by atoms with Crippen molar-refractivity contribution in [3.05, 3.63) is 66.0 Å². The number of anilines is 1. The van der Waals surface area contributed by atoms with Crippen molar-refractivity contribution >= 4 is 22.6 Å². The van der Waals surface area contributed by atoms with Crippen molar-refractivity contribution in [1.29, 1.82) is 0 Å². The highest BCUT2D eigenvalue weighted by atomic mass is 19.4. The molecule has 0 N–H and O–H groups in total. The summed E-state index contributed by atoms with van der Waals surface area (Å²) in [6.07, 6.45) is -3.03. The van der Waals surface area contributed by atoms with Crippen molar-refractivity contribution in [2.75, 3.05) is 4.90 Å². The maximum Gasteiger partial charge on any atom is 0.416 e. The zero-order valence-electron chi connectivity index (χ0n) is 13.3. The molecule has 25 heavy (non-hydrogen) atoms. The Kier molecular flexibility index (Phi) is 4.39. The average molecular weight is 345 g/mol. The van der Waals surface area contributed by atoms with Gasteiger partial charge in [0.05, 0.1) is 17.6 Å². The zero-order valence-corrected chi connectivity index (χ0v) is 13.3. The minimum Gasteiger partial charge on any atom is -0.292 e. The van der Waals surface area contributed by atoms with Gasteiger partial charge in [-0.05, 0) is 29.8 Å². The summed E-state index contributed by atoms with van der Waals surface area (Å²) in [6, 6.07) is 12.0. The first-order valence-corrected chi connectivity index (χ1v) is 7.50. The van der Waals surface area contributed by atoms with Crippen LogP contribution in [0.3, 0.4) is 0 Å². The molecule has 0 aliphatic rings. The fraction of sp³-hybridized carbons (Fsp3) is 0.167.